The van der Waals surface area contributed by atoms with Crippen LogP contribution in [0.4, 0.5) is 0 Å². The first-order chi connectivity index (χ1) is 8.91. The lowest BCUT2D eigenvalue weighted by Crippen LogP contribution is -2.24. The Morgan fingerprint density at radius 2 is 2.05 bits per heavy atom. The molecule has 0 aromatic carbocycles. The van der Waals surface area contributed by atoms with E-state index in [-0.39, 0.29) is 5.60 Å². The first-order valence-electron chi connectivity index (χ1n) is 7.44. The molecule has 2 heteroatoms. The molecule has 0 fully saturated rings. The van der Waals surface area contributed by atoms with Crippen LogP contribution in [0.5, 0.6) is 0 Å². The first-order valence-corrected chi connectivity index (χ1v) is 8.56. The van der Waals surface area contributed by atoms with Crippen molar-refractivity contribution in [1.29, 1.82) is 0 Å². The zero-order chi connectivity index (χ0) is 14.7. The second-order valence-electron chi connectivity index (χ2n) is 5.93. The number of hydrogen-bond donors (Lipinski definition) is 0. The van der Waals surface area contributed by atoms with Crippen LogP contribution in [0, 0.1) is 5.92 Å². The van der Waals surface area contributed by atoms with Crippen molar-refractivity contribution in [3.63, 3.8) is 0 Å². The summed E-state index contributed by atoms with van der Waals surface area (Å²) in [6, 6.07) is 0. The largest absolute Gasteiger partial charge is 0.376 e. The molecule has 0 aromatic rings. The second-order valence-corrected chi connectivity index (χ2v) is 6.58. The highest BCUT2D eigenvalue weighted by Crippen LogP contribution is 2.21. The summed E-state index contributed by atoms with van der Waals surface area (Å²) in [6.45, 7) is 11.7. The van der Waals surface area contributed by atoms with Gasteiger partial charge in [-0.3, -0.25) is 0 Å². The monoisotopic (exact) mass is 330 g/mol. The van der Waals surface area contributed by atoms with E-state index >= 15 is 0 Å². The van der Waals surface area contributed by atoms with Crippen molar-refractivity contribution in [2.45, 2.75) is 65.9 Å². The van der Waals surface area contributed by atoms with Crippen molar-refractivity contribution < 1.29 is 4.74 Å². The lowest BCUT2D eigenvalue weighted by atomic mass is 9.95. The number of allylic oxidation sites excluding steroid dienone is 4. The van der Waals surface area contributed by atoms with Gasteiger partial charge in [-0.05, 0) is 46.5 Å². The van der Waals surface area contributed by atoms with Crippen LogP contribution in [-0.4, -0.2) is 17.5 Å². The highest BCUT2D eigenvalue weighted by molar-refractivity contribution is 9.09. The maximum atomic E-state index is 5.72. The maximum absolute atomic E-state index is 5.72. The number of rotatable bonds is 10. The minimum atomic E-state index is 0.0412. The van der Waals surface area contributed by atoms with Gasteiger partial charge in [0.1, 0.15) is 0 Å². The smallest absolute Gasteiger partial charge is 0.0626 e. The van der Waals surface area contributed by atoms with Gasteiger partial charge in [0.05, 0.1) is 5.60 Å². The molecule has 0 aliphatic carbocycles. The number of alkyl halides is 1. The lowest BCUT2D eigenvalue weighted by molar-refractivity contribution is -0.0182. The Kier molecular flexibility index (Phi) is 10.6. The highest BCUT2D eigenvalue weighted by Gasteiger charge is 2.17. The second kappa shape index (κ2) is 10.7. The quantitative estimate of drug-likeness (QED) is 0.358. The molecule has 0 aliphatic rings. The molecule has 0 amide bonds. The summed E-state index contributed by atoms with van der Waals surface area (Å²) in [6.07, 6.45) is 11.6. The van der Waals surface area contributed by atoms with Gasteiger partial charge in [0.15, 0.2) is 0 Å². The van der Waals surface area contributed by atoms with E-state index in [1.807, 2.05) is 0 Å². The van der Waals surface area contributed by atoms with Crippen molar-refractivity contribution in [2.24, 2.45) is 5.92 Å². The van der Waals surface area contributed by atoms with E-state index in [9.17, 15) is 0 Å². The molecule has 0 radical (unpaired) electrons. The third kappa shape index (κ3) is 11.4. The Balaban J connectivity index is 3.82. The molecular formula is C17H31BrO. The van der Waals surface area contributed by atoms with E-state index in [2.05, 4.69) is 68.8 Å². The van der Waals surface area contributed by atoms with Gasteiger partial charge in [-0.15, -0.1) is 0 Å². The third-order valence-electron chi connectivity index (χ3n) is 3.33. The molecule has 1 unspecified atom stereocenters. The summed E-state index contributed by atoms with van der Waals surface area (Å²) in [5.41, 5.74) is 1.38. The van der Waals surface area contributed by atoms with Gasteiger partial charge >= 0.3 is 0 Å². The molecular weight excluding hydrogens is 300 g/mol. The van der Waals surface area contributed by atoms with E-state index in [4.69, 9.17) is 4.74 Å². The van der Waals surface area contributed by atoms with Gasteiger partial charge in [-0.1, -0.05) is 59.5 Å². The van der Waals surface area contributed by atoms with Crippen molar-refractivity contribution >= 4 is 15.9 Å². The summed E-state index contributed by atoms with van der Waals surface area (Å²) < 4.78 is 5.72. The molecule has 19 heavy (non-hydrogen) atoms. The number of ether oxygens (including phenoxy) is 1. The van der Waals surface area contributed by atoms with E-state index in [1.54, 1.807) is 0 Å². The van der Waals surface area contributed by atoms with Gasteiger partial charge in [0.2, 0.25) is 0 Å². The zero-order valence-electron chi connectivity index (χ0n) is 13.3. The summed E-state index contributed by atoms with van der Waals surface area (Å²) in [5, 5.41) is 0.936. The molecule has 0 saturated heterocycles. The Labute approximate surface area is 128 Å². The van der Waals surface area contributed by atoms with Gasteiger partial charge < -0.3 is 4.74 Å². The Bertz CT molecular complexity index is 279. The number of halogens is 1. The molecule has 1 atom stereocenters. The molecule has 0 rings (SSSR count). The fourth-order valence-corrected chi connectivity index (χ4v) is 2.64. The van der Waals surface area contributed by atoms with Crippen molar-refractivity contribution in [3.8, 4) is 0 Å². The predicted molar refractivity (Wildman–Crippen MR) is 90.0 cm³/mol. The summed E-state index contributed by atoms with van der Waals surface area (Å²) in [4.78, 5) is 0. The minimum absolute atomic E-state index is 0.0412. The molecule has 0 aliphatic heterocycles. The third-order valence-corrected chi connectivity index (χ3v) is 3.65. The summed E-state index contributed by atoms with van der Waals surface area (Å²) in [7, 11) is 0. The van der Waals surface area contributed by atoms with Crippen LogP contribution < -0.4 is 0 Å². The van der Waals surface area contributed by atoms with Crippen LogP contribution in [0.3, 0.4) is 0 Å². The average Bonchev–Trinajstić information content (AvgIpc) is 2.28. The molecule has 0 N–H and O–H groups in total. The van der Waals surface area contributed by atoms with Crippen molar-refractivity contribution in [2.75, 3.05) is 11.9 Å². The van der Waals surface area contributed by atoms with Crippen molar-refractivity contribution in [1.82, 2.24) is 0 Å². The fraction of sp³-hybridized carbons (Fsp3) is 0.765. The van der Waals surface area contributed by atoms with Crippen molar-refractivity contribution in [3.05, 3.63) is 23.8 Å². The normalized spacial score (nSPS) is 15.2. The van der Waals surface area contributed by atoms with Crippen LogP contribution in [-0.2, 0) is 4.74 Å². The van der Waals surface area contributed by atoms with E-state index in [1.165, 1.54) is 24.8 Å². The first kappa shape index (κ1) is 18.9. The molecule has 0 heterocycles. The minimum Gasteiger partial charge on any atom is -0.376 e. The fourth-order valence-electron chi connectivity index (χ4n) is 2.13. The van der Waals surface area contributed by atoms with E-state index in [0.29, 0.717) is 0 Å². The predicted octanol–water partition coefficient (Wildman–Crippen LogP) is 5.90. The average molecular weight is 331 g/mol. The highest BCUT2D eigenvalue weighted by atomic mass is 79.9. The number of hydrogen-bond acceptors (Lipinski definition) is 1. The van der Waals surface area contributed by atoms with Gasteiger partial charge in [0, 0.05) is 11.9 Å². The SMILES string of the molecule is CCOC(C)(C)CCCC(C)CC=CC(C)=CCBr. The summed E-state index contributed by atoms with van der Waals surface area (Å²) in [5.74, 6) is 0.755. The van der Waals surface area contributed by atoms with Crippen LogP contribution in [0.2, 0.25) is 0 Å². The maximum Gasteiger partial charge on any atom is 0.0626 e. The van der Waals surface area contributed by atoms with Gasteiger partial charge in [0.25, 0.3) is 0 Å². The van der Waals surface area contributed by atoms with Crippen LogP contribution in [0.15, 0.2) is 23.8 Å². The van der Waals surface area contributed by atoms with Crippen LogP contribution >= 0.6 is 15.9 Å². The van der Waals surface area contributed by atoms with Gasteiger partial charge in [-0.25, -0.2) is 0 Å². The van der Waals surface area contributed by atoms with Crippen LogP contribution in [0.25, 0.3) is 0 Å². The standard InChI is InChI=1S/C17H31BrO/c1-6-19-17(4,5)13-8-11-15(2)9-7-10-16(3)12-14-18/h7,10,12,15H,6,8-9,11,13-14H2,1-5H3. The topological polar surface area (TPSA) is 9.23 Å². The van der Waals surface area contributed by atoms with E-state index in [0.717, 1.165) is 24.3 Å². The Morgan fingerprint density at radius 3 is 2.63 bits per heavy atom. The molecule has 1 nitrogen and oxygen atoms in total. The molecule has 0 spiro atoms. The van der Waals surface area contributed by atoms with Crippen LogP contribution in [0.1, 0.15) is 60.3 Å². The molecule has 0 saturated carbocycles. The lowest BCUT2D eigenvalue weighted by Gasteiger charge is -2.25. The summed E-state index contributed by atoms with van der Waals surface area (Å²) >= 11 is 3.41. The van der Waals surface area contributed by atoms with E-state index < -0.39 is 0 Å². The molecule has 0 bridgehead atoms. The Hall–Kier alpha value is -0.0800. The molecule has 112 valence electrons. The van der Waals surface area contributed by atoms with Gasteiger partial charge in [-0.2, -0.15) is 0 Å². The molecule has 0 aromatic heterocycles. The Morgan fingerprint density at radius 1 is 1.37 bits per heavy atom. The zero-order valence-corrected chi connectivity index (χ0v) is 14.9.